The smallest absolute Gasteiger partial charge is 0.276 e. The number of aromatic nitrogens is 5. The van der Waals surface area contributed by atoms with Gasteiger partial charge in [0.15, 0.2) is 5.82 Å². The summed E-state index contributed by atoms with van der Waals surface area (Å²) < 4.78 is 5.34. The van der Waals surface area contributed by atoms with Gasteiger partial charge in [0.1, 0.15) is 11.4 Å². The van der Waals surface area contributed by atoms with Crippen LogP contribution in [0, 0.1) is 6.92 Å². The molecule has 26 heavy (non-hydrogen) atoms. The first-order valence-corrected chi connectivity index (χ1v) is 8.53. The van der Waals surface area contributed by atoms with Gasteiger partial charge in [-0.15, -0.1) is 0 Å². The number of carbonyl (C=O) groups excluding carboxylic acids is 1. The third-order valence-corrected chi connectivity index (χ3v) is 4.47. The third kappa shape index (κ3) is 3.30. The number of likely N-dealkylation sites (tertiary alicyclic amines) is 1. The van der Waals surface area contributed by atoms with E-state index in [-0.39, 0.29) is 11.8 Å². The van der Waals surface area contributed by atoms with E-state index in [1.165, 1.54) is 6.20 Å². The van der Waals surface area contributed by atoms with Crippen LogP contribution in [-0.2, 0) is 0 Å². The second kappa shape index (κ2) is 6.99. The van der Waals surface area contributed by atoms with E-state index in [4.69, 9.17) is 4.52 Å². The number of amides is 1. The van der Waals surface area contributed by atoms with Gasteiger partial charge in [-0.3, -0.25) is 14.8 Å². The Bertz CT molecular complexity index is 886. The monoisotopic (exact) mass is 350 g/mol. The molecule has 0 saturated carbocycles. The lowest BCUT2D eigenvalue weighted by Crippen LogP contribution is -2.38. The Balaban J connectivity index is 1.40. The van der Waals surface area contributed by atoms with Crippen LogP contribution in [0.25, 0.3) is 11.6 Å². The molecule has 4 heterocycles. The minimum Gasteiger partial charge on any atom is -0.337 e. The highest BCUT2D eigenvalue weighted by molar-refractivity contribution is 5.92. The molecule has 1 amide bonds. The Morgan fingerprint density at radius 3 is 2.69 bits per heavy atom. The van der Waals surface area contributed by atoms with Gasteiger partial charge in [0.05, 0.1) is 11.9 Å². The predicted octanol–water partition coefficient (Wildman–Crippen LogP) is 2.25. The van der Waals surface area contributed by atoms with Crippen LogP contribution in [0.3, 0.4) is 0 Å². The van der Waals surface area contributed by atoms with Crippen molar-refractivity contribution in [1.82, 2.24) is 30.0 Å². The van der Waals surface area contributed by atoms with Crippen LogP contribution in [0.4, 0.5) is 0 Å². The predicted molar refractivity (Wildman–Crippen MR) is 92.2 cm³/mol. The van der Waals surface area contributed by atoms with Crippen molar-refractivity contribution >= 4 is 5.91 Å². The molecule has 0 aromatic carbocycles. The van der Waals surface area contributed by atoms with Crippen molar-refractivity contribution in [2.45, 2.75) is 25.7 Å². The summed E-state index contributed by atoms with van der Waals surface area (Å²) in [6.07, 6.45) is 6.40. The molecule has 132 valence electrons. The number of carbonyl (C=O) groups is 1. The van der Waals surface area contributed by atoms with Crippen LogP contribution in [0.2, 0.25) is 0 Å². The zero-order chi connectivity index (χ0) is 17.9. The van der Waals surface area contributed by atoms with Crippen molar-refractivity contribution in [3.8, 4) is 11.6 Å². The van der Waals surface area contributed by atoms with Gasteiger partial charge < -0.3 is 9.42 Å². The number of hydrogen-bond donors (Lipinski definition) is 0. The van der Waals surface area contributed by atoms with Gasteiger partial charge in [0, 0.05) is 31.4 Å². The zero-order valence-corrected chi connectivity index (χ0v) is 14.4. The molecule has 8 nitrogen and oxygen atoms in total. The van der Waals surface area contributed by atoms with Crippen molar-refractivity contribution in [3.63, 3.8) is 0 Å². The van der Waals surface area contributed by atoms with Crippen molar-refractivity contribution < 1.29 is 9.32 Å². The Labute approximate surface area is 150 Å². The number of rotatable bonds is 3. The highest BCUT2D eigenvalue weighted by Crippen LogP contribution is 2.28. The van der Waals surface area contributed by atoms with Crippen LogP contribution < -0.4 is 0 Å². The van der Waals surface area contributed by atoms with E-state index in [9.17, 15) is 4.79 Å². The molecule has 1 fully saturated rings. The molecule has 3 aromatic rings. The summed E-state index contributed by atoms with van der Waals surface area (Å²) in [5.74, 6) is 1.18. The van der Waals surface area contributed by atoms with Crippen molar-refractivity contribution in [2.75, 3.05) is 13.1 Å². The van der Waals surface area contributed by atoms with Gasteiger partial charge >= 0.3 is 0 Å². The Kier molecular flexibility index (Phi) is 4.39. The summed E-state index contributed by atoms with van der Waals surface area (Å²) in [6.45, 7) is 3.11. The summed E-state index contributed by atoms with van der Waals surface area (Å²) in [5, 5.41) is 4.10. The quantitative estimate of drug-likeness (QED) is 0.714. The SMILES string of the molecule is Cc1cnc(C(=O)N2CCC(c3noc(-c4ccccn4)n3)CC2)cn1. The molecule has 1 aliphatic heterocycles. The molecule has 3 aromatic heterocycles. The maximum absolute atomic E-state index is 12.5. The van der Waals surface area contributed by atoms with Gasteiger partial charge in [-0.2, -0.15) is 4.98 Å². The Hall–Kier alpha value is -3.16. The average Bonchev–Trinajstić information content (AvgIpc) is 3.19. The van der Waals surface area contributed by atoms with Crippen LogP contribution in [0.1, 0.15) is 40.8 Å². The molecule has 0 bridgehead atoms. The van der Waals surface area contributed by atoms with Crippen LogP contribution in [0.15, 0.2) is 41.3 Å². The highest BCUT2D eigenvalue weighted by atomic mass is 16.5. The fraction of sp³-hybridized carbons (Fsp3) is 0.333. The van der Waals surface area contributed by atoms with Crippen molar-refractivity contribution in [3.05, 3.63) is 54.0 Å². The highest BCUT2D eigenvalue weighted by Gasteiger charge is 2.28. The standard InChI is InChI=1S/C18H18N6O2/c1-12-10-21-15(11-20-12)18(25)24-8-5-13(6-9-24)16-22-17(26-23-16)14-4-2-3-7-19-14/h2-4,7,10-11,13H,5-6,8-9H2,1H3. The fourth-order valence-corrected chi connectivity index (χ4v) is 3.00. The second-order valence-corrected chi connectivity index (χ2v) is 6.28. The molecule has 0 aliphatic carbocycles. The van der Waals surface area contributed by atoms with E-state index in [0.717, 1.165) is 18.5 Å². The minimum absolute atomic E-state index is 0.0850. The molecule has 0 N–H and O–H groups in total. The van der Waals surface area contributed by atoms with E-state index >= 15 is 0 Å². The fourth-order valence-electron chi connectivity index (χ4n) is 3.00. The van der Waals surface area contributed by atoms with E-state index < -0.39 is 0 Å². The molecule has 0 unspecified atom stereocenters. The molecule has 1 aliphatic rings. The van der Waals surface area contributed by atoms with E-state index in [1.54, 1.807) is 17.3 Å². The lowest BCUT2D eigenvalue weighted by Gasteiger charge is -2.30. The van der Waals surface area contributed by atoms with E-state index in [0.29, 0.717) is 36.2 Å². The molecule has 0 radical (unpaired) electrons. The van der Waals surface area contributed by atoms with Crippen molar-refractivity contribution in [2.24, 2.45) is 0 Å². The second-order valence-electron chi connectivity index (χ2n) is 6.28. The molecule has 0 spiro atoms. The van der Waals surface area contributed by atoms with E-state index in [1.807, 2.05) is 25.1 Å². The largest absolute Gasteiger partial charge is 0.337 e. The Morgan fingerprint density at radius 1 is 1.15 bits per heavy atom. The molecule has 0 atom stereocenters. The van der Waals surface area contributed by atoms with Crippen molar-refractivity contribution in [1.29, 1.82) is 0 Å². The first-order valence-electron chi connectivity index (χ1n) is 8.53. The summed E-state index contributed by atoms with van der Waals surface area (Å²) in [6, 6.07) is 5.55. The summed E-state index contributed by atoms with van der Waals surface area (Å²) in [7, 11) is 0. The summed E-state index contributed by atoms with van der Waals surface area (Å²) in [5.41, 5.74) is 1.84. The van der Waals surface area contributed by atoms with Crippen LogP contribution >= 0.6 is 0 Å². The molecule has 1 saturated heterocycles. The van der Waals surface area contributed by atoms with E-state index in [2.05, 4.69) is 25.1 Å². The molecular formula is C18H18N6O2. The van der Waals surface area contributed by atoms with Gasteiger partial charge in [0.2, 0.25) is 0 Å². The number of aryl methyl sites for hydroxylation is 1. The van der Waals surface area contributed by atoms with Gasteiger partial charge in [-0.05, 0) is 31.9 Å². The minimum atomic E-state index is -0.0850. The average molecular weight is 350 g/mol. The third-order valence-electron chi connectivity index (χ3n) is 4.47. The first kappa shape index (κ1) is 16.3. The number of pyridine rings is 1. The molecular weight excluding hydrogens is 332 g/mol. The maximum atomic E-state index is 12.5. The first-order chi connectivity index (χ1) is 12.7. The number of hydrogen-bond acceptors (Lipinski definition) is 7. The lowest BCUT2D eigenvalue weighted by molar-refractivity contribution is 0.0704. The van der Waals surface area contributed by atoms with Crippen LogP contribution in [-0.4, -0.2) is 49.0 Å². The number of piperidine rings is 1. The van der Waals surface area contributed by atoms with Gasteiger partial charge in [-0.1, -0.05) is 11.2 Å². The zero-order valence-electron chi connectivity index (χ0n) is 14.4. The maximum Gasteiger partial charge on any atom is 0.276 e. The number of nitrogens with zero attached hydrogens (tertiary/aromatic N) is 6. The molecule has 8 heteroatoms. The van der Waals surface area contributed by atoms with Gasteiger partial charge in [-0.25, -0.2) is 4.98 Å². The lowest BCUT2D eigenvalue weighted by atomic mass is 9.96. The Morgan fingerprint density at radius 2 is 2.00 bits per heavy atom. The topological polar surface area (TPSA) is 97.9 Å². The molecule has 4 rings (SSSR count). The van der Waals surface area contributed by atoms with Crippen LogP contribution in [0.5, 0.6) is 0 Å². The summed E-state index contributed by atoms with van der Waals surface area (Å²) in [4.78, 5) is 31.3. The summed E-state index contributed by atoms with van der Waals surface area (Å²) >= 11 is 0. The van der Waals surface area contributed by atoms with Gasteiger partial charge in [0.25, 0.3) is 11.8 Å². The normalized spacial score (nSPS) is 15.2.